The molecule has 0 fully saturated rings. The number of hydrogen-bond acceptors (Lipinski definition) is 6. The van der Waals surface area contributed by atoms with E-state index in [0.717, 1.165) is 5.56 Å². The van der Waals surface area contributed by atoms with Gasteiger partial charge in [0.15, 0.2) is 0 Å². The maximum atomic E-state index is 13.9. The van der Waals surface area contributed by atoms with Gasteiger partial charge in [0.05, 0.1) is 6.61 Å². The number of hydrogen-bond donors (Lipinski definition) is 3. The molecule has 0 saturated heterocycles. The van der Waals surface area contributed by atoms with E-state index in [1.165, 1.54) is 16.7 Å². The molecule has 3 amide bonds. The van der Waals surface area contributed by atoms with Gasteiger partial charge in [-0.15, -0.1) is 6.42 Å². The lowest BCUT2D eigenvalue weighted by Crippen LogP contribution is -2.53. The molecule has 3 N–H and O–H groups in total. The molecule has 2 aromatic rings. The number of carbonyl (C=O) groups is 3. The van der Waals surface area contributed by atoms with Gasteiger partial charge in [-0.1, -0.05) is 48.4 Å². The van der Waals surface area contributed by atoms with Crippen molar-refractivity contribution >= 4 is 29.7 Å². The highest BCUT2D eigenvalue weighted by atomic mass is 32.2. The molecule has 2 rings (SSSR count). The zero-order valence-electron chi connectivity index (χ0n) is 22.4. The van der Waals surface area contributed by atoms with Crippen LogP contribution >= 0.6 is 11.8 Å². The SMILES string of the molecule is C#Cc1ccc(C(C(=O)NCc2ccccc2)N(CCO)C(=O)C(CCSC)NC(=O)OC(C)(C)C)cc1. The molecule has 0 aliphatic rings. The van der Waals surface area contributed by atoms with Crippen molar-refractivity contribution in [3.05, 3.63) is 71.3 Å². The summed E-state index contributed by atoms with van der Waals surface area (Å²) in [5.41, 5.74) is 1.30. The Morgan fingerprint density at radius 2 is 1.76 bits per heavy atom. The summed E-state index contributed by atoms with van der Waals surface area (Å²) in [5, 5.41) is 15.4. The van der Waals surface area contributed by atoms with E-state index in [4.69, 9.17) is 11.2 Å². The fourth-order valence-corrected chi connectivity index (χ4v) is 4.20. The number of ether oxygens (including phenoxy) is 1. The van der Waals surface area contributed by atoms with Crippen molar-refractivity contribution in [2.24, 2.45) is 0 Å². The van der Waals surface area contributed by atoms with Gasteiger partial charge in [0.1, 0.15) is 17.7 Å². The van der Waals surface area contributed by atoms with Gasteiger partial charge in [-0.3, -0.25) is 9.59 Å². The second-order valence-corrected chi connectivity index (χ2v) is 10.6. The maximum absolute atomic E-state index is 13.9. The first-order chi connectivity index (χ1) is 18.1. The van der Waals surface area contributed by atoms with Crippen LogP contribution in [-0.2, 0) is 20.9 Å². The quantitative estimate of drug-likeness (QED) is 0.357. The summed E-state index contributed by atoms with van der Waals surface area (Å²) in [6.45, 7) is 4.96. The summed E-state index contributed by atoms with van der Waals surface area (Å²) in [5.74, 6) is 2.20. The maximum Gasteiger partial charge on any atom is 0.408 e. The second kappa shape index (κ2) is 15.1. The first-order valence-corrected chi connectivity index (χ1v) is 13.8. The highest BCUT2D eigenvalue weighted by Crippen LogP contribution is 2.24. The summed E-state index contributed by atoms with van der Waals surface area (Å²) in [6.07, 6.45) is 6.98. The van der Waals surface area contributed by atoms with Crippen LogP contribution in [0.5, 0.6) is 0 Å². The normalized spacial score (nSPS) is 12.5. The van der Waals surface area contributed by atoms with Crippen LogP contribution in [0.15, 0.2) is 54.6 Å². The number of terminal acetylenes is 1. The second-order valence-electron chi connectivity index (χ2n) is 9.61. The van der Waals surface area contributed by atoms with Crippen LogP contribution in [0.1, 0.15) is 49.9 Å². The molecular formula is C29H37N3O5S. The smallest absolute Gasteiger partial charge is 0.408 e. The minimum atomic E-state index is -1.07. The number of nitrogens with one attached hydrogen (secondary N) is 2. The largest absolute Gasteiger partial charge is 0.444 e. The lowest BCUT2D eigenvalue weighted by molar-refractivity contribution is -0.143. The molecule has 38 heavy (non-hydrogen) atoms. The lowest BCUT2D eigenvalue weighted by atomic mass is 10.0. The number of carbonyl (C=O) groups excluding carboxylic acids is 3. The number of benzene rings is 2. The molecule has 0 aliphatic heterocycles. The van der Waals surface area contributed by atoms with Crippen LogP contribution in [-0.4, -0.2) is 64.7 Å². The Morgan fingerprint density at radius 1 is 1.11 bits per heavy atom. The van der Waals surface area contributed by atoms with Crippen molar-refractivity contribution in [3.8, 4) is 12.3 Å². The Labute approximate surface area is 229 Å². The van der Waals surface area contributed by atoms with Gasteiger partial charge in [-0.05, 0) is 62.5 Å². The van der Waals surface area contributed by atoms with E-state index < -0.39 is 35.6 Å². The van der Waals surface area contributed by atoms with Crippen LogP contribution in [0.4, 0.5) is 4.79 Å². The molecule has 0 aliphatic carbocycles. The van der Waals surface area contributed by atoms with Gasteiger partial charge in [0.2, 0.25) is 11.8 Å². The van der Waals surface area contributed by atoms with E-state index >= 15 is 0 Å². The van der Waals surface area contributed by atoms with Crippen molar-refractivity contribution in [2.75, 3.05) is 25.2 Å². The number of amides is 3. The highest BCUT2D eigenvalue weighted by molar-refractivity contribution is 7.98. The van der Waals surface area contributed by atoms with Crippen LogP contribution in [0.3, 0.4) is 0 Å². The monoisotopic (exact) mass is 539 g/mol. The van der Waals surface area contributed by atoms with Crippen LogP contribution in [0.2, 0.25) is 0 Å². The van der Waals surface area contributed by atoms with E-state index in [0.29, 0.717) is 23.3 Å². The Kier molecular flexibility index (Phi) is 12.2. The molecule has 8 nitrogen and oxygen atoms in total. The van der Waals surface area contributed by atoms with Crippen LogP contribution in [0, 0.1) is 12.3 Å². The third-order valence-corrected chi connectivity index (χ3v) is 6.13. The lowest BCUT2D eigenvalue weighted by Gasteiger charge is -2.34. The average molecular weight is 540 g/mol. The van der Waals surface area contributed by atoms with Gasteiger partial charge in [0, 0.05) is 18.7 Å². The molecule has 0 spiro atoms. The van der Waals surface area contributed by atoms with E-state index in [1.807, 2.05) is 36.6 Å². The van der Waals surface area contributed by atoms with Gasteiger partial charge in [0.25, 0.3) is 0 Å². The minimum Gasteiger partial charge on any atom is -0.444 e. The number of aliphatic hydroxyl groups is 1. The molecule has 2 atom stereocenters. The Balaban J connectivity index is 2.42. The third kappa shape index (κ3) is 9.77. The number of nitrogens with zero attached hydrogens (tertiary/aromatic N) is 1. The van der Waals surface area contributed by atoms with E-state index in [1.54, 1.807) is 45.0 Å². The fourth-order valence-electron chi connectivity index (χ4n) is 3.73. The first-order valence-electron chi connectivity index (χ1n) is 12.4. The molecule has 2 unspecified atom stereocenters. The molecule has 204 valence electrons. The standard InChI is InChI=1S/C29H37N3O5S/c1-6-21-12-14-23(15-13-21)25(26(34)30-20-22-10-8-7-9-11-22)32(17-18-33)27(35)24(16-19-38-5)31-28(36)37-29(2,3)4/h1,7-15,24-25,33H,16-20H2,2-5H3,(H,30,34)(H,31,36). The van der Waals surface area contributed by atoms with Gasteiger partial charge >= 0.3 is 6.09 Å². The zero-order chi connectivity index (χ0) is 28.1. The summed E-state index contributed by atoms with van der Waals surface area (Å²) >= 11 is 1.52. The van der Waals surface area contributed by atoms with Crippen molar-refractivity contribution < 1.29 is 24.2 Å². The topological polar surface area (TPSA) is 108 Å². The van der Waals surface area contributed by atoms with E-state index in [2.05, 4.69) is 16.6 Å². The molecule has 0 bridgehead atoms. The molecule has 0 radical (unpaired) electrons. The van der Waals surface area contributed by atoms with Gasteiger partial charge < -0.3 is 25.4 Å². The number of thioether (sulfide) groups is 1. The van der Waals surface area contributed by atoms with Crippen LogP contribution in [0.25, 0.3) is 0 Å². The summed E-state index contributed by atoms with van der Waals surface area (Å²) in [6, 6.07) is 14.1. The van der Waals surface area contributed by atoms with Crippen molar-refractivity contribution in [2.45, 2.75) is 51.4 Å². The Bertz CT molecular complexity index is 1090. The third-order valence-electron chi connectivity index (χ3n) is 5.49. The Morgan fingerprint density at radius 3 is 2.32 bits per heavy atom. The number of rotatable bonds is 12. The summed E-state index contributed by atoms with van der Waals surface area (Å²) in [7, 11) is 0. The fraction of sp³-hybridized carbons (Fsp3) is 0.414. The van der Waals surface area contributed by atoms with Gasteiger partial charge in [-0.25, -0.2) is 4.79 Å². The number of aliphatic hydroxyl groups excluding tert-OH is 1. The highest BCUT2D eigenvalue weighted by Gasteiger charge is 2.35. The molecule has 0 saturated carbocycles. The van der Waals surface area contributed by atoms with E-state index in [9.17, 15) is 19.5 Å². The van der Waals surface area contributed by atoms with E-state index in [-0.39, 0.29) is 19.7 Å². The zero-order valence-corrected chi connectivity index (χ0v) is 23.2. The average Bonchev–Trinajstić information content (AvgIpc) is 2.89. The summed E-state index contributed by atoms with van der Waals surface area (Å²) in [4.78, 5) is 41.3. The minimum absolute atomic E-state index is 0.120. The van der Waals surface area contributed by atoms with Gasteiger partial charge in [-0.2, -0.15) is 11.8 Å². The Hall–Kier alpha value is -3.48. The molecular weight excluding hydrogens is 502 g/mol. The molecule has 2 aromatic carbocycles. The molecule has 0 aromatic heterocycles. The van der Waals surface area contributed by atoms with Crippen molar-refractivity contribution in [3.63, 3.8) is 0 Å². The predicted molar refractivity (Wildman–Crippen MR) is 150 cm³/mol. The molecule has 0 heterocycles. The summed E-state index contributed by atoms with van der Waals surface area (Å²) < 4.78 is 5.37. The number of alkyl carbamates (subject to hydrolysis) is 1. The van der Waals surface area contributed by atoms with Crippen LogP contribution < -0.4 is 10.6 Å². The first kappa shape index (κ1) is 30.7. The predicted octanol–water partition coefficient (Wildman–Crippen LogP) is 3.49. The molecule has 9 heteroatoms. The van der Waals surface area contributed by atoms with Crippen molar-refractivity contribution in [1.82, 2.24) is 15.5 Å². The van der Waals surface area contributed by atoms with Crippen molar-refractivity contribution in [1.29, 1.82) is 0 Å².